The first-order valence-electron chi connectivity index (χ1n) is 14.7. The number of nitro benzene ring substituents is 2. The summed E-state index contributed by atoms with van der Waals surface area (Å²) >= 11 is 0. The molecule has 19 nitrogen and oxygen atoms in total. The van der Waals surface area contributed by atoms with Gasteiger partial charge in [0.25, 0.3) is 20.2 Å². The van der Waals surface area contributed by atoms with E-state index in [0.717, 1.165) is 36.4 Å². The van der Waals surface area contributed by atoms with E-state index in [0.29, 0.717) is 21.5 Å². The molecule has 0 saturated carbocycles. The summed E-state index contributed by atoms with van der Waals surface area (Å²) in [6.07, 6.45) is 0. The van der Waals surface area contributed by atoms with Crippen molar-refractivity contribution in [3.05, 3.63) is 117 Å². The van der Waals surface area contributed by atoms with E-state index in [1.54, 1.807) is 0 Å². The van der Waals surface area contributed by atoms with Crippen LogP contribution in [0.5, 0.6) is 11.5 Å². The third-order valence-electron chi connectivity index (χ3n) is 7.61. The van der Waals surface area contributed by atoms with Crippen LogP contribution in [-0.2, 0) is 20.2 Å². The average Bonchev–Trinajstić information content (AvgIpc) is 3.10. The Morgan fingerprint density at radius 2 is 0.927 bits per heavy atom. The van der Waals surface area contributed by atoms with Crippen molar-refractivity contribution < 1.29 is 40.5 Å². The van der Waals surface area contributed by atoms with Gasteiger partial charge in [0, 0.05) is 82.0 Å². The molecule has 23 heteroatoms. The first-order valence-corrected chi connectivity index (χ1v) is 17.6. The van der Waals surface area contributed by atoms with Crippen LogP contribution < -0.4 is 16.2 Å². The summed E-state index contributed by atoms with van der Waals surface area (Å²) in [6.45, 7) is 0. The number of ether oxygens (including phenoxy) is 1. The fourth-order valence-electron chi connectivity index (χ4n) is 5.09. The second-order valence-corrected chi connectivity index (χ2v) is 13.9. The minimum Gasteiger partial charge on any atom is -0.443 e. The van der Waals surface area contributed by atoms with Gasteiger partial charge in [0.2, 0.25) is 11.5 Å². The van der Waals surface area contributed by atoms with E-state index < -0.39 is 41.5 Å². The number of nitrogen functional groups attached to an aromatic ring is 2. The van der Waals surface area contributed by atoms with E-state index in [1.165, 1.54) is 60.7 Å². The first-order chi connectivity index (χ1) is 25.0. The molecule has 0 amide bonds. The number of hydrogen-bond donors (Lipinski definition) is 4. The van der Waals surface area contributed by atoms with Gasteiger partial charge in [0.05, 0.1) is 42.4 Å². The fourth-order valence-corrected chi connectivity index (χ4v) is 6.12. The minimum absolute atomic E-state index is 0. The topological polar surface area (TPSA) is 306 Å². The van der Waals surface area contributed by atoms with Gasteiger partial charge in [-0.2, -0.15) is 27.1 Å². The molecule has 6 aromatic rings. The standard InChI is InChI=1S/C32H22N8O11S2.2Na/c33-25-9-1-17-13-21(52(45,46)47)5-7-23(17)31(25)37-35-19-3-11-29(27(15-19)39(41)42)51-30-12-4-20(16-28(30)40(43)44)36-38-32-24-8-6-22(53(48,49)50)14-18(24)2-10-26(32)34;;/h1-16H,33-34H2,(H,45,46,47)(H,48,49,50);;. The van der Waals surface area contributed by atoms with Gasteiger partial charge in [-0.05, 0) is 71.4 Å². The number of benzene rings is 6. The Bertz CT molecular complexity index is 2630. The maximum Gasteiger partial charge on any atom is 0.313 e. The normalized spacial score (nSPS) is 11.7. The molecule has 2 radical (unpaired) electrons. The summed E-state index contributed by atoms with van der Waals surface area (Å²) in [5, 5.41) is 41.8. The number of nitro groups is 2. The van der Waals surface area contributed by atoms with E-state index in [2.05, 4.69) is 20.5 Å². The van der Waals surface area contributed by atoms with Crippen LogP contribution in [0.1, 0.15) is 0 Å². The number of rotatable bonds is 10. The second kappa shape index (κ2) is 16.8. The van der Waals surface area contributed by atoms with Crippen LogP contribution in [0.4, 0.5) is 45.5 Å². The summed E-state index contributed by atoms with van der Waals surface area (Å²) in [6, 6.07) is 20.3. The molecule has 55 heavy (non-hydrogen) atoms. The summed E-state index contributed by atoms with van der Waals surface area (Å²) in [5.74, 6) is -0.747. The van der Waals surface area contributed by atoms with Gasteiger partial charge < -0.3 is 16.2 Å². The van der Waals surface area contributed by atoms with Crippen molar-refractivity contribution in [1.82, 2.24) is 0 Å². The second-order valence-electron chi connectivity index (χ2n) is 11.0. The van der Waals surface area contributed by atoms with Gasteiger partial charge in [0.15, 0.2) is 0 Å². The first kappa shape index (κ1) is 42.8. The van der Waals surface area contributed by atoms with Gasteiger partial charge >= 0.3 is 11.4 Å². The van der Waals surface area contributed by atoms with Crippen molar-refractivity contribution in [2.24, 2.45) is 20.5 Å². The molecule has 0 aliphatic rings. The molecule has 0 unspecified atom stereocenters. The SMILES string of the molecule is Nc1ccc2cc(S(=O)(=O)O)ccc2c1N=Nc1ccc(Oc2ccc(N=Nc3c(N)ccc4cc(S(=O)(=O)O)ccc34)cc2[N+](=O)[O-])c([N+](=O)[O-])c1.[Na].[Na]. The molecule has 6 aromatic carbocycles. The molecule has 6 N–H and O–H groups in total. The van der Waals surface area contributed by atoms with Crippen molar-refractivity contribution in [2.75, 3.05) is 11.5 Å². The van der Waals surface area contributed by atoms with E-state index in [-0.39, 0.29) is 115 Å². The Morgan fingerprint density at radius 3 is 1.27 bits per heavy atom. The molecule has 0 saturated heterocycles. The van der Waals surface area contributed by atoms with Crippen molar-refractivity contribution >= 4 is 146 Å². The van der Waals surface area contributed by atoms with E-state index in [1.807, 2.05) is 0 Å². The summed E-state index contributed by atoms with van der Waals surface area (Å²) in [7, 11) is -8.96. The summed E-state index contributed by atoms with van der Waals surface area (Å²) in [5.41, 5.74) is 11.4. The number of hydrogen-bond acceptors (Lipinski definition) is 15. The Morgan fingerprint density at radius 1 is 0.545 bits per heavy atom. The van der Waals surface area contributed by atoms with Crippen LogP contribution in [-0.4, -0.2) is 94.9 Å². The van der Waals surface area contributed by atoms with Gasteiger partial charge in [-0.3, -0.25) is 29.3 Å². The zero-order valence-corrected chi connectivity index (χ0v) is 34.1. The average molecular weight is 805 g/mol. The zero-order chi connectivity index (χ0) is 38.2. The smallest absolute Gasteiger partial charge is 0.313 e. The Balaban J connectivity index is 0.00000336. The van der Waals surface area contributed by atoms with Gasteiger partial charge in [0.1, 0.15) is 11.4 Å². The number of fused-ring (bicyclic) bond motifs is 2. The van der Waals surface area contributed by atoms with Crippen LogP contribution in [0, 0.1) is 20.2 Å². The van der Waals surface area contributed by atoms with Crippen LogP contribution in [0.2, 0.25) is 0 Å². The number of anilines is 2. The molecule has 270 valence electrons. The van der Waals surface area contributed by atoms with Crippen molar-refractivity contribution in [3.63, 3.8) is 0 Å². The minimum atomic E-state index is -4.48. The molecule has 0 aromatic heterocycles. The van der Waals surface area contributed by atoms with Gasteiger partial charge in [-0.1, -0.05) is 24.3 Å². The molecule has 0 atom stereocenters. The van der Waals surface area contributed by atoms with Crippen molar-refractivity contribution in [2.45, 2.75) is 9.79 Å². The maximum atomic E-state index is 12.0. The van der Waals surface area contributed by atoms with Gasteiger partial charge in [-0.25, -0.2) is 0 Å². The molecule has 0 aliphatic carbocycles. The van der Waals surface area contributed by atoms with E-state index >= 15 is 0 Å². The quantitative estimate of drug-likeness (QED) is 0.0263. The van der Waals surface area contributed by atoms with E-state index in [4.69, 9.17) is 16.2 Å². The van der Waals surface area contributed by atoms with Crippen LogP contribution >= 0.6 is 0 Å². The monoisotopic (exact) mass is 804 g/mol. The zero-order valence-electron chi connectivity index (χ0n) is 28.5. The molecular weight excluding hydrogens is 783 g/mol. The number of nitrogens with zero attached hydrogens (tertiary/aromatic N) is 6. The molecule has 0 heterocycles. The molecule has 0 spiro atoms. The maximum absolute atomic E-state index is 12.0. The number of azo groups is 2. The molecule has 0 bridgehead atoms. The fraction of sp³-hybridized carbons (Fsp3) is 0. The largest absolute Gasteiger partial charge is 0.443 e. The Labute approximate surface area is 354 Å². The summed E-state index contributed by atoms with van der Waals surface area (Å²) in [4.78, 5) is 21.7. The Hall–Kier alpha value is -4.94. The molecule has 0 fully saturated rings. The predicted molar refractivity (Wildman–Crippen MR) is 202 cm³/mol. The summed E-state index contributed by atoms with van der Waals surface area (Å²) < 4.78 is 70.5. The van der Waals surface area contributed by atoms with Crippen molar-refractivity contribution in [3.8, 4) is 11.5 Å². The molecule has 0 aliphatic heterocycles. The van der Waals surface area contributed by atoms with Crippen molar-refractivity contribution in [1.29, 1.82) is 0 Å². The van der Waals surface area contributed by atoms with Gasteiger partial charge in [-0.15, -0.1) is 10.2 Å². The predicted octanol–water partition coefficient (Wildman–Crippen LogP) is 7.33. The third kappa shape index (κ3) is 9.48. The van der Waals surface area contributed by atoms with E-state index in [9.17, 15) is 46.2 Å². The molecular formula is C32H22N8Na2O11S2. The molecule has 6 rings (SSSR count). The number of nitrogens with two attached hydrogens (primary N) is 2. The van der Waals surface area contributed by atoms with Crippen LogP contribution in [0.15, 0.2) is 127 Å². The van der Waals surface area contributed by atoms with Crippen LogP contribution in [0.3, 0.4) is 0 Å². The van der Waals surface area contributed by atoms with Crippen LogP contribution in [0.25, 0.3) is 21.5 Å². The third-order valence-corrected chi connectivity index (χ3v) is 9.31. The Kier molecular flexibility index (Phi) is 13.1.